The molecule has 0 radical (unpaired) electrons. The van der Waals surface area contributed by atoms with Gasteiger partial charge in [-0.25, -0.2) is 0 Å². The SMILES string of the molecule is CCCC(CCC)c1cnc(-c2c(C)cccc2C)c2ccccc12. The van der Waals surface area contributed by atoms with Crippen molar-refractivity contribution in [3.05, 3.63) is 65.4 Å². The van der Waals surface area contributed by atoms with Crippen LogP contribution in [0.5, 0.6) is 0 Å². The van der Waals surface area contributed by atoms with Crippen LogP contribution in [0, 0.1) is 13.8 Å². The van der Waals surface area contributed by atoms with Gasteiger partial charge in [0.2, 0.25) is 0 Å². The molecular formula is C24H29N. The number of fused-ring (bicyclic) bond motifs is 1. The Hall–Kier alpha value is -2.15. The third kappa shape index (κ3) is 3.46. The van der Waals surface area contributed by atoms with Gasteiger partial charge in [-0.1, -0.05) is 69.2 Å². The molecule has 0 aliphatic carbocycles. The van der Waals surface area contributed by atoms with E-state index in [1.54, 1.807) is 0 Å². The second-order valence-corrected chi connectivity index (χ2v) is 7.15. The Morgan fingerprint density at radius 3 is 2.00 bits per heavy atom. The third-order valence-electron chi connectivity index (χ3n) is 5.26. The summed E-state index contributed by atoms with van der Waals surface area (Å²) in [6, 6.07) is 15.3. The van der Waals surface area contributed by atoms with Gasteiger partial charge in [-0.05, 0) is 54.7 Å². The minimum absolute atomic E-state index is 0.611. The number of nitrogens with zero attached hydrogens (tertiary/aromatic N) is 1. The molecule has 1 heteroatoms. The lowest BCUT2D eigenvalue weighted by Crippen LogP contribution is -2.02. The van der Waals surface area contributed by atoms with E-state index in [0.29, 0.717) is 5.92 Å². The average Bonchev–Trinajstić information content (AvgIpc) is 2.61. The first kappa shape index (κ1) is 17.7. The lowest BCUT2D eigenvalue weighted by molar-refractivity contribution is 0.563. The Morgan fingerprint density at radius 2 is 1.40 bits per heavy atom. The monoisotopic (exact) mass is 331 g/mol. The quantitative estimate of drug-likeness (QED) is 0.465. The number of benzene rings is 2. The highest BCUT2D eigenvalue weighted by molar-refractivity contribution is 5.97. The van der Waals surface area contributed by atoms with Crippen LogP contribution in [0.15, 0.2) is 48.7 Å². The Morgan fingerprint density at radius 1 is 0.800 bits per heavy atom. The van der Waals surface area contributed by atoms with E-state index in [9.17, 15) is 0 Å². The van der Waals surface area contributed by atoms with Gasteiger partial charge >= 0.3 is 0 Å². The maximum Gasteiger partial charge on any atom is 0.0785 e. The van der Waals surface area contributed by atoms with Crippen LogP contribution in [-0.4, -0.2) is 4.98 Å². The standard InChI is InChI=1S/C24H29N/c1-5-10-19(11-6-2)22-16-25-24(21-15-8-7-14-20(21)22)23-17(3)12-9-13-18(23)4/h7-9,12-16,19H,5-6,10-11H2,1-4H3. The molecule has 1 nitrogen and oxygen atoms in total. The summed E-state index contributed by atoms with van der Waals surface area (Å²) in [6.45, 7) is 8.93. The number of hydrogen-bond donors (Lipinski definition) is 0. The smallest absolute Gasteiger partial charge is 0.0785 e. The first-order valence-corrected chi connectivity index (χ1v) is 9.61. The van der Waals surface area contributed by atoms with E-state index in [1.165, 1.54) is 58.7 Å². The number of pyridine rings is 1. The second kappa shape index (κ2) is 7.82. The first-order valence-electron chi connectivity index (χ1n) is 9.61. The molecule has 0 saturated carbocycles. The highest BCUT2D eigenvalue weighted by Crippen LogP contribution is 2.37. The maximum atomic E-state index is 4.98. The van der Waals surface area contributed by atoms with Gasteiger partial charge in [-0.15, -0.1) is 0 Å². The Kier molecular flexibility index (Phi) is 5.53. The zero-order valence-electron chi connectivity index (χ0n) is 16.0. The molecule has 1 heterocycles. The van der Waals surface area contributed by atoms with Gasteiger partial charge in [0.25, 0.3) is 0 Å². The molecule has 0 aliphatic heterocycles. The fourth-order valence-corrected chi connectivity index (χ4v) is 4.08. The molecular weight excluding hydrogens is 302 g/mol. The van der Waals surface area contributed by atoms with Gasteiger partial charge in [-0.2, -0.15) is 0 Å². The highest BCUT2D eigenvalue weighted by Gasteiger charge is 2.17. The molecule has 25 heavy (non-hydrogen) atoms. The van der Waals surface area contributed by atoms with E-state index < -0.39 is 0 Å². The second-order valence-electron chi connectivity index (χ2n) is 7.15. The molecule has 1 aromatic heterocycles. The summed E-state index contributed by atoms with van der Waals surface area (Å²) in [5.41, 5.74) is 6.43. The predicted molar refractivity (Wildman–Crippen MR) is 109 cm³/mol. The molecule has 0 unspecified atom stereocenters. The lowest BCUT2D eigenvalue weighted by Gasteiger charge is -2.20. The lowest BCUT2D eigenvalue weighted by atomic mass is 9.87. The Labute approximate surface area is 152 Å². The number of rotatable bonds is 6. The van der Waals surface area contributed by atoms with Crippen molar-refractivity contribution in [3.8, 4) is 11.3 Å². The van der Waals surface area contributed by atoms with E-state index in [2.05, 4.69) is 76.4 Å². The molecule has 130 valence electrons. The normalized spacial score (nSPS) is 11.4. The molecule has 0 aliphatic rings. The first-order chi connectivity index (χ1) is 12.2. The van der Waals surface area contributed by atoms with Crippen LogP contribution in [0.4, 0.5) is 0 Å². The third-order valence-corrected chi connectivity index (χ3v) is 5.26. The number of hydrogen-bond acceptors (Lipinski definition) is 1. The molecule has 0 saturated heterocycles. The minimum Gasteiger partial charge on any atom is -0.255 e. The average molecular weight is 332 g/mol. The fraction of sp³-hybridized carbons (Fsp3) is 0.375. The summed E-state index contributed by atoms with van der Waals surface area (Å²) in [4.78, 5) is 4.98. The molecule has 0 atom stereocenters. The summed E-state index contributed by atoms with van der Waals surface area (Å²) in [5.74, 6) is 0.611. The summed E-state index contributed by atoms with van der Waals surface area (Å²) in [7, 11) is 0. The zero-order chi connectivity index (χ0) is 17.8. The number of aryl methyl sites for hydroxylation is 2. The molecule has 0 bridgehead atoms. The van der Waals surface area contributed by atoms with Crippen LogP contribution in [0.1, 0.15) is 62.1 Å². The van der Waals surface area contributed by atoms with E-state index in [-0.39, 0.29) is 0 Å². The summed E-state index contributed by atoms with van der Waals surface area (Å²) in [5, 5.41) is 2.66. The Balaban J connectivity index is 2.23. The topological polar surface area (TPSA) is 12.9 Å². The van der Waals surface area contributed by atoms with Crippen molar-refractivity contribution in [2.24, 2.45) is 0 Å². The molecule has 0 amide bonds. The molecule has 0 spiro atoms. The van der Waals surface area contributed by atoms with Crippen molar-refractivity contribution in [2.45, 2.75) is 59.3 Å². The van der Waals surface area contributed by atoms with Crippen molar-refractivity contribution in [1.29, 1.82) is 0 Å². The van der Waals surface area contributed by atoms with Gasteiger partial charge in [0.05, 0.1) is 5.69 Å². The molecule has 2 aromatic carbocycles. The van der Waals surface area contributed by atoms with Crippen LogP contribution in [0.2, 0.25) is 0 Å². The summed E-state index contributed by atoms with van der Waals surface area (Å²) in [6.07, 6.45) is 7.07. The van der Waals surface area contributed by atoms with Crippen molar-refractivity contribution in [1.82, 2.24) is 4.98 Å². The fourth-order valence-electron chi connectivity index (χ4n) is 4.08. The van der Waals surface area contributed by atoms with E-state index in [1.807, 2.05) is 0 Å². The van der Waals surface area contributed by atoms with Crippen molar-refractivity contribution in [3.63, 3.8) is 0 Å². The molecule has 0 N–H and O–H groups in total. The van der Waals surface area contributed by atoms with E-state index >= 15 is 0 Å². The molecule has 3 aromatic rings. The highest BCUT2D eigenvalue weighted by atomic mass is 14.7. The summed E-state index contributed by atoms with van der Waals surface area (Å²) >= 11 is 0. The zero-order valence-corrected chi connectivity index (χ0v) is 16.0. The van der Waals surface area contributed by atoms with Crippen LogP contribution < -0.4 is 0 Å². The van der Waals surface area contributed by atoms with Crippen molar-refractivity contribution < 1.29 is 0 Å². The summed E-state index contributed by atoms with van der Waals surface area (Å²) < 4.78 is 0. The van der Waals surface area contributed by atoms with Gasteiger partial charge in [-0.3, -0.25) is 4.98 Å². The molecule has 3 rings (SSSR count). The Bertz CT molecular complexity index is 837. The van der Waals surface area contributed by atoms with Gasteiger partial charge in [0, 0.05) is 17.1 Å². The maximum absolute atomic E-state index is 4.98. The van der Waals surface area contributed by atoms with E-state index in [0.717, 1.165) is 5.69 Å². The van der Waals surface area contributed by atoms with E-state index in [4.69, 9.17) is 4.98 Å². The van der Waals surface area contributed by atoms with Crippen molar-refractivity contribution in [2.75, 3.05) is 0 Å². The van der Waals surface area contributed by atoms with Crippen LogP contribution in [0.3, 0.4) is 0 Å². The van der Waals surface area contributed by atoms with Crippen LogP contribution in [0.25, 0.3) is 22.0 Å². The van der Waals surface area contributed by atoms with Gasteiger partial charge < -0.3 is 0 Å². The molecule has 0 fully saturated rings. The van der Waals surface area contributed by atoms with Crippen LogP contribution in [-0.2, 0) is 0 Å². The number of aromatic nitrogens is 1. The minimum atomic E-state index is 0.611. The largest absolute Gasteiger partial charge is 0.255 e. The van der Waals surface area contributed by atoms with Crippen molar-refractivity contribution >= 4 is 10.8 Å². The van der Waals surface area contributed by atoms with Gasteiger partial charge in [0.1, 0.15) is 0 Å². The van der Waals surface area contributed by atoms with Crippen LogP contribution >= 0.6 is 0 Å². The van der Waals surface area contributed by atoms with Gasteiger partial charge in [0.15, 0.2) is 0 Å². The predicted octanol–water partition coefficient (Wildman–Crippen LogP) is 7.20.